The highest BCUT2D eigenvalue weighted by atomic mass is 35.5. The number of likely N-dealkylation sites (tertiary alicyclic amines) is 1. The summed E-state index contributed by atoms with van der Waals surface area (Å²) in [5, 5.41) is 4.47. The summed E-state index contributed by atoms with van der Waals surface area (Å²) in [5.74, 6) is -0.345. The number of piperazine rings is 1. The fourth-order valence-corrected chi connectivity index (χ4v) is 5.48. The van der Waals surface area contributed by atoms with Gasteiger partial charge in [-0.25, -0.2) is 0 Å². The minimum atomic E-state index is -0.662. The molecule has 2 aliphatic heterocycles. The first-order valence-electron chi connectivity index (χ1n) is 12.7. The molecule has 0 radical (unpaired) electrons. The van der Waals surface area contributed by atoms with E-state index in [9.17, 15) is 9.59 Å². The van der Waals surface area contributed by atoms with E-state index in [1.54, 1.807) is 24.5 Å². The van der Waals surface area contributed by atoms with Crippen molar-refractivity contribution >= 4 is 34.3 Å². The van der Waals surface area contributed by atoms with Gasteiger partial charge in [0.15, 0.2) is 0 Å². The normalized spacial score (nSPS) is 18.9. The average Bonchev–Trinajstić information content (AvgIpc) is 3.32. The maximum absolute atomic E-state index is 13.7. The quantitative estimate of drug-likeness (QED) is 0.535. The Labute approximate surface area is 216 Å². The predicted octanol–water partition coefficient (Wildman–Crippen LogP) is 2.80. The molecule has 2 N–H and O–H groups in total. The van der Waals surface area contributed by atoms with Crippen molar-refractivity contribution in [2.45, 2.75) is 31.3 Å². The largest absolute Gasteiger partial charge is 0.351 e. The van der Waals surface area contributed by atoms with Crippen molar-refractivity contribution in [3.05, 3.63) is 65.1 Å². The predicted molar refractivity (Wildman–Crippen MR) is 141 cm³/mol. The topological polar surface area (TPSA) is 84.6 Å². The van der Waals surface area contributed by atoms with E-state index < -0.39 is 6.04 Å². The van der Waals surface area contributed by atoms with Crippen LogP contribution >= 0.6 is 11.6 Å². The lowest BCUT2D eigenvalue weighted by Gasteiger charge is -2.42. The van der Waals surface area contributed by atoms with Crippen molar-refractivity contribution in [2.75, 3.05) is 46.3 Å². The number of amides is 2. The summed E-state index contributed by atoms with van der Waals surface area (Å²) in [6, 6.07) is 10.9. The fourth-order valence-electron chi connectivity index (χ4n) is 5.30. The number of aromatic amines is 1. The van der Waals surface area contributed by atoms with Gasteiger partial charge in [-0.05, 0) is 74.9 Å². The van der Waals surface area contributed by atoms with E-state index in [1.807, 2.05) is 29.2 Å². The molecule has 1 atom stereocenters. The Morgan fingerprint density at radius 1 is 1.06 bits per heavy atom. The van der Waals surface area contributed by atoms with Gasteiger partial charge in [-0.3, -0.25) is 19.5 Å². The fraction of sp³-hybridized carbons (Fsp3) is 0.444. The molecule has 2 fully saturated rings. The van der Waals surface area contributed by atoms with Crippen molar-refractivity contribution in [1.29, 1.82) is 0 Å². The van der Waals surface area contributed by atoms with Crippen LogP contribution in [0.5, 0.6) is 0 Å². The molecule has 2 aliphatic rings. The van der Waals surface area contributed by atoms with Crippen LogP contribution in [-0.2, 0) is 11.2 Å². The molecule has 0 saturated carbocycles. The molecule has 2 amide bonds. The van der Waals surface area contributed by atoms with Crippen LogP contribution in [0.25, 0.3) is 10.9 Å². The third-order valence-electron chi connectivity index (χ3n) is 7.45. The van der Waals surface area contributed by atoms with Gasteiger partial charge in [-0.1, -0.05) is 11.6 Å². The Morgan fingerprint density at radius 2 is 1.78 bits per heavy atom. The Bertz CT molecular complexity index is 1200. The van der Waals surface area contributed by atoms with E-state index >= 15 is 0 Å². The monoisotopic (exact) mass is 508 g/mol. The van der Waals surface area contributed by atoms with Crippen molar-refractivity contribution in [1.82, 2.24) is 30.0 Å². The Morgan fingerprint density at radius 3 is 2.50 bits per heavy atom. The number of nitrogens with zero attached hydrogens (tertiary/aromatic N) is 4. The SMILES string of the molecule is CN1CCC(N2CCN(C(=O)[C@@H](Cc3ccncc3)NC(=O)c3cc4cc(Cl)ccc4[nH]3)CC2)CC1. The minimum Gasteiger partial charge on any atom is -0.351 e. The highest BCUT2D eigenvalue weighted by molar-refractivity contribution is 6.31. The molecule has 0 spiro atoms. The first-order chi connectivity index (χ1) is 17.5. The number of hydrogen-bond acceptors (Lipinski definition) is 5. The zero-order chi connectivity index (χ0) is 25.1. The second kappa shape index (κ2) is 11.0. The summed E-state index contributed by atoms with van der Waals surface area (Å²) in [6.07, 6.45) is 6.19. The number of fused-ring (bicyclic) bond motifs is 1. The third kappa shape index (κ3) is 5.72. The minimum absolute atomic E-state index is 0.0395. The van der Waals surface area contributed by atoms with E-state index in [-0.39, 0.29) is 11.8 Å². The van der Waals surface area contributed by atoms with Crippen LogP contribution in [0.15, 0.2) is 48.8 Å². The smallest absolute Gasteiger partial charge is 0.268 e. The van der Waals surface area contributed by atoms with E-state index in [0.717, 1.165) is 42.6 Å². The zero-order valence-corrected chi connectivity index (χ0v) is 21.4. The molecule has 5 rings (SSSR count). The molecule has 2 saturated heterocycles. The van der Waals surface area contributed by atoms with Crippen LogP contribution in [0, 0.1) is 0 Å². The molecule has 0 unspecified atom stereocenters. The van der Waals surface area contributed by atoms with Crippen molar-refractivity contribution in [2.24, 2.45) is 0 Å². The van der Waals surface area contributed by atoms with Crippen LogP contribution in [0.3, 0.4) is 0 Å². The number of hydrogen-bond donors (Lipinski definition) is 2. The molecule has 1 aromatic carbocycles. The maximum Gasteiger partial charge on any atom is 0.268 e. The van der Waals surface area contributed by atoms with E-state index in [0.29, 0.717) is 36.3 Å². The molecular weight excluding hydrogens is 476 g/mol. The second-order valence-corrected chi connectivity index (χ2v) is 10.3. The summed E-state index contributed by atoms with van der Waals surface area (Å²) in [5.41, 5.74) is 2.19. The van der Waals surface area contributed by atoms with Gasteiger partial charge >= 0.3 is 0 Å². The first kappa shape index (κ1) is 24.7. The number of aromatic nitrogens is 2. The molecule has 2 aromatic heterocycles. The number of nitrogens with one attached hydrogen (secondary N) is 2. The Kier molecular flexibility index (Phi) is 7.55. The zero-order valence-electron chi connectivity index (χ0n) is 20.6. The standard InChI is InChI=1S/C27H33ClN6O2/c1-32-10-6-22(7-11-32)33-12-14-34(15-13-33)27(36)25(16-19-4-8-29-9-5-19)31-26(35)24-18-20-17-21(28)2-3-23(20)30-24/h2-5,8-9,17-18,22,25,30H,6-7,10-16H2,1H3,(H,31,35)/t25-/m1/s1. The number of halogens is 1. The summed E-state index contributed by atoms with van der Waals surface area (Å²) >= 11 is 6.10. The van der Waals surface area contributed by atoms with Gasteiger partial charge in [0.25, 0.3) is 5.91 Å². The van der Waals surface area contributed by atoms with Crippen molar-refractivity contribution in [3.8, 4) is 0 Å². The number of H-pyrrole nitrogens is 1. The lowest BCUT2D eigenvalue weighted by atomic mass is 10.0. The summed E-state index contributed by atoms with van der Waals surface area (Å²) in [4.78, 5) is 40.9. The highest BCUT2D eigenvalue weighted by Gasteiger charge is 2.32. The summed E-state index contributed by atoms with van der Waals surface area (Å²) in [7, 11) is 2.18. The van der Waals surface area contributed by atoms with Gasteiger partial charge in [-0.2, -0.15) is 0 Å². The van der Waals surface area contributed by atoms with Gasteiger partial charge in [0, 0.05) is 67.0 Å². The van der Waals surface area contributed by atoms with Gasteiger partial charge in [0.2, 0.25) is 5.91 Å². The van der Waals surface area contributed by atoms with Crippen molar-refractivity contribution in [3.63, 3.8) is 0 Å². The number of carbonyl (C=O) groups is 2. The summed E-state index contributed by atoms with van der Waals surface area (Å²) < 4.78 is 0. The number of benzene rings is 1. The molecule has 4 heterocycles. The molecule has 9 heteroatoms. The van der Waals surface area contributed by atoms with Crippen LogP contribution in [-0.4, -0.2) is 94.9 Å². The van der Waals surface area contributed by atoms with E-state index in [2.05, 4.69) is 32.1 Å². The van der Waals surface area contributed by atoms with Gasteiger partial charge in [-0.15, -0.1) is 0 Å². The highest BCUT2D eigenvalue weighted by Crippen LogP contribution is 2.21. The van der Waals surface area contributed by atoms with Gasteiger partial charge < -0.3 is 20.1 Å². The third-order valence-corrected chi connectivity index (χ3v) is 7.69. The van der Waals surface area contributed by atoms with E-state index in [1.165, 1.54) is 12.8 Å². The molecule has 36 heavy (non-hydrogen) atoms. The van der Waals surface area contributed by atoms with Crippen LogP contribution < -0.4 is 5.32 Å². The second-order valence-electron chi connectivity index (χ2n) is 9.90. The molecule has 190 valence electrons. The van der Waals surface area contributed by atoms with Crippen LogP contribution in [0.1, 0.15) is 28.9 Å². The number of piperidine rings is 1. The molecule has 0 aliphatic carbocycles. The average molecular weight is 509 g/mol. The first-order valence-corrected chi connectivity index (χ1v) is 13.0. The molecule has 3 aromatic rings. The Balaban J connectivity index is 1.27. The van der Waals surface area contributed by atoms with Crippen LogP contribution in [0.4, 0.5) is 0 Å². The van der Waals surface area contributed by atoms with Gasteiger partial charge in [0.1, 0.15) is 11.7 Å². The molecule has 8 nitrogen and oxygen atoms in total. The lowest BCUT2D eigenvalue weighted by molar-refractivity contribution is -0.135. The lowest BCUT2D eigenvalue weighted by Crippen LogP contribution is -2.58. The Hall–Kier alpha value is -2.94. The maximum atomic E-state index is 13.7. The van der Waals surface area contributed by atoms with E-state index in [4.69, 9.17) is 11.6 Å². The van der Waals surface area contributed by atoms with Gasteiger partial charge in [0.05, 0.1) is 0 Å². The van der Waals surface area contributed by atoms with Crippen LogP contribution in [0.2, 0.25) is 5.02 Å². The molecule has 0 bridgehead atoms. The number of rotatable bonds is 6. The number of carbonyl (C=O) groups excluding carboxylic acids is 2. The van der Waals surface area contributed by atoms with Crippen molar-refractivity contribution < 1.29 is 9.59 Å². The number of pyridine rings is 1. The molecular formula is C27H33ClN6O2. The summed E-state index contributed by atoms with van der Waals surface area (Å²) in [6.45, 7) is 5.36.